The standard InChI is InChI=1S/C73H50N4S/c1-72(2)63-43-40-56(46-62(63)60-41-42-61-59-32-14-17-35-66(59)78-68(61)67(60)72)77(55-29-19-25-51(45-55)71-75-69(48-20-6-3-7-21-48)74-70(76-71)49-22-8-4-9-23-49)54-38-36-47(37-39-54)50-24-18-28-53(44-50)73(52-26-10-5-11-27-52)64-33-15-12-30-57(64)58-31-13-16-34-65(58)73/h3-46H,1-2H3. The minimum Gasteiger partial charge on any atom is -0.310 e. The van der Waals surface area contributed by atoms with Gasteiger partial charge in [-0.2, -0.15) is 0 Å². The Hall–Kier alpha value is -9.55. The molecule has 78 heavy (non-hydrogen) atoms. The highest BCUT2D eigenvalue weighted by Crippen LogP contribution is 2.57. The molecule has 2 aromatic heterocycles. The average molecular weight is 1020 g/mol. The highest BCUT2D eigenvalue weighted by Gasteiger charge is 2.46. The van der Waals surface area contributed by atoms with Gasteiger partial charge in [-0.1, -0.05) is 232 Å². The van der Waals surface area contributed by atoms with Gasteiger partial charge in [0, 0.05) is 59.3 Å². The second-order valence-corrected chi connectivity index (χ2v) is 22.1. The van der Waals surface area contributed by atoms with Crippen molar-refractivity contribution in [3.8, 4) is 67.5 Å². The van der Waals surface area contributed by atoms with Gasteiger partial charge in [-0.05, 0) is 115 Å². The van der Waals surface area contributed by atoms with Gasteiger partial charge in [0.25, 0.3) is 0 Å². The van der Waals surface area contributed by atoms with Crippen LogP contribution in [0.3, 0.4) is 0 Å². The summed E-state index contributed by atoms with van der Waals surface area (Å²) in [5.74, 6) is 1.87. The Kier molecular flexibility index (Phi) is 10.6. The molecule has 0 bridgehead atoms. The summed E-state index contributed by atoms with van der Waals surface area (Å²) in [6, 6.07) is 96.9. The van der Waals surface area contributed by atoms with E-state index in [0.29, 0.717) is 17.5 Å². The Morgan fingerprint density at radius 2 is 0.872 bits per heavy atom. The molecule has 0 saturated heterocycles. The summed E-state index contributed by atoms with van der Waals surface area (Å²) in [5.41, 5.74) is 20.5. The van der Waals surface area contributed by atoms with Crippen LogP contribution in [0.2, 0.25) is 0 Å². The van der Waals surface area contributed by atoms with E-state index in [4.69, 9.17) is 15.0 Å². The molecule has 0 N–H and O–H groups in total. The number of nitrogens with zero attached hydrogens (tertiary/aromatic N) is 4. The number of thiophene rings is 1. The van der Waals surface area contributed by atoms with Gasteiger partial charge >= 0.3 is 0 Å². The fourth-order valence-corrected chi connectivity index (χ4v) is 14.2. The maximum absolute atomic E-state index is 5.16. The quantitative estimate of drug-likeness (QED) is 0.144. The molecule has 0 saturated carbocycles. The Morgan fingerprint density at radius 3 is 1.56 bits per heavy atom. The van der Waals surface area contributed by atoms with Gasteiger partial charge in [0.15, 0.2) is 17.5 Å². The summed E-state index contributed by atoms with van der Waals surface area (Å²) in [6.45, 7) is 4.79. The first-order chi connectivity index (χ1) is 38.4. The maximum atomic E-state index is 5.16. The van der Waals surface area contributed by atoms with Crippen LogP contribution in [0.15, 0.2) is 267 Å². The molecule has 2 heterocycles. The molecule has 11 aromatic carbocycles. The van der Waals surface area contributed by atoms with Gasteiger partial charge in [0.2, 0.25) is 0 Å². The second-order valence-electron chi connectivity index (χ2n) is 21.1. The van der Waals surface area contributed by atoms with Crippen molar-refractivity contribution in [1.82, 2.24) is 15.0 Å². The minimum atomic E-state index is -0.488. The third-order valence-corrected chi connectivity index (χ3v) is 17.6. The summed E-state index contributed by atoms with van der Waals surface area (Å²) >= 11 is 1.92. The van der Waals surface area contributed by atoms with E-state index in [0.717, 1.165) is 44.9 Å². The number of aromatic nitrogens is 3. The van der Waals surface area contributed by atoms with E-state index in [1.807, 2.05) is 47.7 Å². The summed E-state index contributed by atoms with van der Waals surface area (Å²) in [7, 11) is 0. The first kappa shape index (κ1) is 45.8. The molecule has 0 fully saturated rings. The van der Waals surface area contributed by atoms with Crippen molar-refractivity contribution in [3.05, 3.63) is 300 Å². The van der Waals surface area contributed by atoms with Crippen molar-refractivity contribution in [2.75, 3.05) is 4.90 Å². The van der Waals surface area contributed by atoms with E-state index >= 15 is 0 Å². The molecule has 0 aliphatic heterocycles. The summed E-state index contributed by atoms with van der Waals surface area (Å²) in [5, 5.41) is 2.65. The van der Waals surface area contributed by atoms with Gasteiger partial charge in [0.1, 0.15) is 0 Å². The van der Waals surface area contributed by atoms with E-state index in [-0.39, 0.29) is 5.41 Å². The molecule has 13 aromatic rings. The van der Waals surface area contributed by atoms with E-state index in [1.165, 1.54) is 75.8 Å². The lowest BCUT2D eigenvalue weighted by molar-refractivity contribution is 0.667. The van der Waals surface area contributed by atoms with Crippen molar-refractivity contribution < 1.29 is 0 Å². The predicted octanol–water partition coefficient (Wildman–Crippen LogP) is 19.0. The molecule has 0 radical (unpaired) electrons. The van der Waals surface area contributed by atoms with Crippen LogP contribution in [0, 0.1) is 0 Å². The number of anilines is 3. The third-order valence-electron chi connectivity index (χ3n) is 16.4. The Bertz CT molecular complexity index is 4360. The van der Waals surface area contributed by atoms with Crippen molar-refractivity contribution in [3.63, 3.8) is 0 Å². The molecule has 2 aliphatic rings. The first-order valence-electron chi connectivity index (χ1n) is 26.7. The maximum Gasteiger partial charge on any atom is 0.164 e. The molecular weight excluding hydrogens is 965 g/mol. The van der Waals surface area contributed by atoms with Crippen LogP contribution < -0.4 is 4.90 Å². The first-order valence-corrected chi connectivity index (χ1v) is 27.6. The van der Waals surface area contributed by atoms with Crippen LogP contribution >= 0.6 is 11.3 Å². The molecule has 2 aliphatic carbocycles. The van der Waals surface area contributed by atoms with Gasteiger partial charge in [-0.3, -0.25) is 0 Å². The van der Waals surface area contributed by atoms with Crippen molar-refractivity contribution in [2.24, 2.45) is 0 Å². The predicted molar refractivity (Wildman–Crippen MR) is 324 cm³/mol. The zero-order valence-corrected chi connectivity index (χ0v) is 43.9. The van der Waals surface area contributed by atoms with Crippen LogP contribution in [0.25, 0.3) is 87.7 Å². The lowest BCUT2D eigenvalue weighted by Gasteiger charge is -2.34. The molecule has 0 unspecified atom stereocenters. The van der Waals surface area contributed by atoms with Crippen molar-refractivity contribution in [1.29, 1.82) is 0 Å². The second kappa shape index (κ2) is 18.1. The van der Waals surface area contributed by atoms with Crippen LogP contribution in [0.1, 0.15) is 47.2 Å². The number of fused-ring (bicyclic) bond motifs is 10. The summed E-state index contributed by atoms with van der Waals surface area (Å²) < 4.78 is 2.70. The highest BCUT2D eigenvalue weighted by molar-refractivity contribution is 7.26. The van der Waals surface area contributed by atoms with Gasteiger partial charge < -0.3 is 4.90 Å². The Morgan fingerprint density at radius 1 is 0.333 bits per heavy atom. The van der Waals surface area contributed by atoms with Crippen molar-refractivity contribution >= 4 is 48.6 Å². The summed E-state index contributed by atoms with van der Waals surface area (Å²) in [4.78, 5) is 17.7. The van der Waals surface area contributed by atoms with Crippen LogP contribution in [0.5, 0.6) is 0 Å². The largest absolute Gasteiger partial charge is 0.310 e. The Balaban J connectivity index is 0.881. The monoisotopic (exact) mass is 1010 g/mol. The Labute approximate surface area is 458 Å². The van der Waals surface area contributed by atoms with Gasteiger partial charge in [-0.15, -0.1) is 11.3 Å². The van der Waals surface area contributed by atoms with Crippen molar-refractivity contribution in [2.45, 2.75) is 24.7 Å². The topological polar surface area (TPSA) is 41.9 Å². The van der Waals surface area contributed by atoms with E-state index in [9.17, 15) is 0 Å². The van der Waals surface area contributed by atoms with E-state index in [2.05, 4.69) is 249 Å². The number of rotatable bonds is 9. The number of benzene rings is 11. The fourth-order valence-electron chi connectivity index (χ4n) is 12.8. The molecule has 5 heteroatoms. The van der Waals surface area contributed by atoms with Crippen LogP contribution in [-0.2, 0) is 10.8 Å². The summed E-state index contributed by atoms with van der Waals surface area (Å²) in [6.07, 6.45) is 0. The molecule has 15 rings (SSSR count). The third kappa shape index (κ3) is 7.16. The smallest absolute Gasteiger partial charge is 0.164 e. The zero-order valence-electron chi connectivity index (χ0n) is 43.1. The zero-order chi connectivity index (χ0) is 52.0. The number of hydrogen-bond acceptors (Lipinski definition) is 5. The van der Waals surface area contributed by atoms with E-state index in [1.54, 1.807) is 0 Å². The number of hydrogen-bond donors (Lipinski definition) is 0. The SMILES string of the molecule is CC1(C)c2ccc(N(c3ccc(-c4cccc(C5(c6ccccc6)c6ccccc6-c6ccccc65)c4)cc3)c3cccc(-c4nc(-c5ccccc5)nc(-c5ccccc5)n4)c3)cc2-c2ccc3c(sc4ccccc43)c21. The molecule has 368 valence electrons. The van der Waals surface area contributed by atoms with Gasteiger partial charge in [-0.25, -0.2) is 15.0 Å². The van der Waals surface area contributed by atoms with Crippen LogP contribution in [-0.4, -0.2) is 15.0 Å². The lowest BCUT2D eigenvalue weighted by Crippen LogP contribution is -2.28. The average Bonchev–Trinajstić information content (AvgIpc) is 3.89. The minimum absolute atomic E-state index is 0.197. The lowest BCUT2D eigenvalue weighted by atomic mass is 9.67. The molecule has 4 nitrogen and oxygen atoms in total. The van der Waals surface area contributed by atoms with Crippen LogP contribution in [0.4, 0.5) is 17.1 Å². The van der Waals surface area contributed by atoms with E-state index < -0.39 is 5.41 Å². The molecule has 0 amide bonds. The molecular formula is C73H50N4S. The highest BCUT2D eigenvalue weighted by atomic mass is 32.1. The fraction of sp³-hybridized carbons (Fsp3) is 0.0548. The molecule has 0 atom stereocenters. The van der Waals surface area contributed by atoms with Gasteiger partial charge in [0.05, 0.1) is 5.41 Å². The normalized spacial score (nSPS) is 13.5. The molecule has 0 spiro atoms.